The van der Waals surface area contributed by atoms with Crippen molar-refractivity contribution >= 4 is 15.9 Å². The molecule has 4 heteroatoms. The van der Waals surface area contributed by atoms with E-state index < -0.39 is 11.6 Å². The molecular weight excluding hydrogens is 290 g/mol. The quantitative estimate of drug-likeness (QED) is 0.807. The van der Waals surface area contributed by atoms with Gasteiger partial charge in [0.15, 0.2) is 0 Å². The summed E-state index contributed by atoms with van der Waals surface area (Å²) in [6.45, 7) is 0. The van der Waals surface area contributed by atoms with E-state index in [4.69, 9.17) is 4.74 Å². The lowest BCUT2D eigenvalue weighted by molar-refractivity contribution is 0.415. The van der Waals surface area contributed by atoms with Crippen LogP contribution in [0.3, 0.4) is 0 Å². The van der Waals surface area contributed by atoms with Gasteiger partial charge >= 0.3 is 0 Å². The largest absolute Gasteiger partial charge is 0.495 e. The smallest absolute Gasteiger partial charge is 0.135 e. The summed E-state index contributed by atoms with van der Waals surface area (Å²) in [7, 11) is 1.43. The first-order chi connectivity index (χ1) is 8.13. The van der Waals surface area contributed by atoms with Crippen LogP contribution in [-0.4, -0.2) is 7.11 Å². The minimum atomic E-state index is -0.644. The van der Waals surface area contributed by atoms with Crippen molar-refractivity contribution in [3.8, 4) is 16.9 Å². The summed E-state index contributed by atoms with van der Waals surface area (Å²) in [6, 6.07) is 10.1. The number of methoxy groups -OCH3 is 1. The van der Waals surface area contributed by atoms with Crippen molar-refractivity contribution in [2.45, 2.75) is 0 Å². The third-order valence-corrected chi connectivity index (χ3v) is 2.76. The van der Waals surface area contributed by atoms with Crippen molar-refractivity contribution in [2.24, 2.45) is 0 Å². The van der Waals surface area contributed by atoms with Gasteiger partial charge in [0, 0.05) is 16.1 Å². The van der Waals surface area contributed by atoms with Gasteiger partial charge in [-0.15, -0.1) is 0 Å². The van der Waals surface area contributed by atoms with Gasteiger partial charge in [0.1, 0.15) is 17.4 Å². The molecule has 1 radical (unpaired) electrons. The van der Waals surface area contributed by atoms with Crippen molar-refractivity contribution in [1.82, 2.24) is 0 Å². The maximum Gasteiger partial charge on any atom is 0.135 e. The van der Waals surface area contributed by atoms with E-state index >= 15 is 0 Å². The van der Waals surface area contributed by atoms with Crippen molar-refractivity contribution in [2.75, 3.05) is 7.11 Å². The standard InChI is InChI=1S/C13H8BrF2O/c1-17-12-5-3-2-4-9(12)13-10(15)6-8(14)7-11(13)16/h2-4,6-7H,1H3. The summed E-state index contributed by atoms with van der Waals surface area (Å²) in [4.78, 5) is 0. The van der Waals surface area contributed by atoms with Crippen LogP contribution in [0.1, 0.15) is 0 Å². The van der Waals surface area contributed by atoms with E-state index in [-0.39, 0.29) is 5.56 Å². The topological polar surface area (TPSA) is 9.23 Å². The summed E-state index contributed by atoms with van der Waals surface area (Å²) in [5.41, 5.74) is 0.236. The Kier molecular flexibility index (Phi) is 3.43. The lowest BCUT2D eigenvalue weighted by Gasteiger charge is -2.10. The molecule has 2 rings (SSSR count). The molecule has 1 nitrogen and oxygen atoms in total. The average molecular weight is 298 g/mol. The summed E-state index contributed by atoms with van der Waals surface area (Å²) in [6.07, 6.45) is 0. The van der Waals surface area contributed by atoms with Crippen molar-refractivity contribution in [1.29, 1.82) is 0 Å². The van der Waals surface area contributed by atoms with E-state index in [0.717, 1.165) is 0 Å². The highest BCUT2D eigenvalue weighted by molar-refractivity contribution is 9.10. The molecule has 0 saturated heterocycles. The molecule has 0 heterocycles. The molecular formula is C13H8BrF2O. The second kappa shape index (κ2) is 4.84. The molecule has 0 aliphatic rings. The summed E-state index contributed by atoms with van der Waals surface area (Å²) in [5, 5.41) is 0. The van der Waals surface area contributed by atoms with Gasteiger partial charge in [-0.05, 0) is 12.1 Å². The molecule has 0 aromatic heterocycles. The van der Waals surface area contributed by atoms with Crippen molar-refractivity contribution in [3.63, 3.8) is 0 Å². The Hall–Kier alpha value is -1.42. The maximum atomic E-state index is 13.8. The molecule has 2 aromatic carbocycles. The van der Waals surface area contributed by atoms with Crippen LogP contribution in [0, 0.1) is 17.7 Å². The second-order valence-corrected chi connectivity index (χ2v) is 4.28. The Morgan fingerprint density at radius 1 is 1.24 bits per heavy atom. The highest BCUT2D eigenvalue weighted by Crippen LogP contribution is 2.34. The zero-order chi connectivity index (χ0) is 12.4. The van der Waals surface area contributed by atoms with Crippen LogP contribution in [0.2, 0.25) is 0 Å². The van der Waals surface area contributed by atoms with Crippen LogP contribution in [0.25, 0.3) is 11.1 Å². The number of hydrogen-bond donors (Lipinski definition) is 0. The van der Waals surface area contributed by atoms with Gasteiger partial charge in [-0.25, -0.2) is 8.78 Å². The van der Waals surface area contributed by atoms with Crippen LogP contribution in [0.15, 0.2) is 34.8 Å². The first kappa shape index (κ1) is 12.0. The number of halogens is 3. The van der Waals surface area contributed by atoms with E-state index in [1.807, 2.05) is 0 Å². The molecule has 0 aliphatic heterocycles. The lowest BCUT2D eigenvalue weighted by Crippen LogP contribution is -1.94. The Morgan fingerprint density at radius 2 is 1.88 bits per heavy atom. The van der Waals surface area contributed by atoms with Gasteiger partial charge in [-0.1, -0.05) is 34.1 Å². The van der Waals surface area contributed by atoms with Gasteiger partial charge in [0.2, 0.25) is 0 Å². The lowest BCUT2D eigenvalue weighted by atomic mass is 10.0. The van der Waals surface area contributed by atoms with E-state index in [1.165, 1.54) is 19.2 Å². The summed E-state index contributed by atoms with van der Waals surface area (Å²) >= 11 is 3.04. The number of benzene rings is 2. The Bertz CT molecular complexity index is 532. The molecule has 0 aliphatic carbocycles. The van der Waals surface area contributed by atoms with Gasteiger partial charge in [0.05, 0.1) is 12.7 Å². The zero-order valence-electron chi connectivity index (χ0n) is 8.93. The van der Waals surface area contributed by atoms with Crippen LogP contribution in [0.5, 0.6) is 5.75 Å². The molecule has 0 bridgehead atoms. The van der Waals surface area contributed by atoms with Crippen molar-refractivity contribution in [3.05, 3.63) is 52.5 Å². The highest BCUT2D eigenvalue weighted by atomic mass is 79.9. The number of hydrogen-bond acceptors (Lipinski definition) is 1. The van der Waals surface area contributed by atoms with E-state index in [2.05, 4.69) is 22.0 Å². The number of ether oxygens (including phenoxy) is 1. The average Bonchev–Trinajstić information content (AvgIpc) is 2.28. The fraction of sp³-hybridized carbons (Fsp3) is 0.0769. The zero-order valence-corrected chi connectivity index (χ0v) is 10.5. The normalized spacial score (nSPS) is 10.4. The van der Waals surface area contributed by atoms with Gasteiger partial charge in [0.25, 0.3) is 0 Å². The SMILES string of the molecule is COc1[c]cccc1-c1c(F)cc(Br)cc1F. The molecule has 0 spiro atoms. The Labute approximate surface area is 106 Å². The molecule has 0 saturated carbocycles. The number of para-hydroxylation sites is 1. The van der Waals surface area contributed by atoms with Crippen LogP contribution in [-0.2, 0) is 0 Å². The molecule has 0 fully saturated rings. The fourth-order valence-corrected chi connectivity index (χ4v) is 1.99. The molecule has 0 amide bonds. The van der Waals surface area contributed by atoms with E-state index in [0.29, 0.717) is 15.8 Å². The Morgan fingerprint density at radius 3 is 2.47 bits per heavy atom. The van der Waals surface area contributed by atoms with Gasteiger partial charge in [-0.3, -0.25) is 0 Å². The van der Waals surface area contributed by atoms with Crippen molar-refractivity contribution < 1.29 is 13.5 Å². The molecule has 0 N–H and O–H groups in total. The monoisotopic (exact) mass is 297 g/mol. The first-order valence-electron chi connectivity index (χ1n) is 4.83. The first-order valence-corrected chi connectivity index (χ1v) is 5.62. The third-order valence-electron chi connectivity index (χ3n) is 2.30. The molecule has 87 valence electrons. The third kappa shape index (κ3) is 2.31. The minimum absolute atomic E-state index is 0.109. The van der Waals surface area contributed by atoms with E-state index in [1.54, 1.807) is 18.2 Å². The molecule has 0 unspecified atom stereocenters. The molecule has 17 heavy (non-hydrogen) atoms. The Balaban J connectivity index is 2.68. The summed E-state index contributed by atoms with van der Waals surface area (Å²) < 4.78 is 32.9. The second-order valence-electron chi connectivity index (χ2n) is 3.36. The van der Waals surface area contributed by atoms with E-state index in [9.17, 15) is 8.78 Å². The van der Waals surface area contributed by atoms with Gasteiger partial charge in [-0.2, -0.15) is 0 Å². The summed E-state index contributed by atoms with van der Waals surface area (Å²) in [5.74, 6) is -0.975. The van der Waals surface area contributed by atoms with Gasteiger partial charge < -0.3 is 4.74 Å². The predicted molar refractivity (Wildman–Crippen MR) is 64.9 cm³/mol. The maximum absolute atomic E-state index is 13.8. The highest BCUT2D eigenvalue weighted by Gasteiger charge is 2.16. The fourth-order valence-electron chi connectivity index (χ4n) is 1.59. The molecule has 2 aromatic rings. The number of rotatable bonds is 2. The van der Waals surface area contributed by atoms with Crippen LogP contribution < -0.4 is 4.74 Å². The predicted octanol–water partition coefficient (Wildman–Crippen LogP) is 4.20. The van der Waals surface area contributed by atoms with Crippen LogP contribution >= 0.6 is 15.9 Å². The minimum Gasteiger partial charge on any atom is -0.495 e. The molecule has 0 atom stereocenters. The van der Waals surface area contributed by atoms with Crippen LogP contribution in [0.4, 0.5) is 8.78 Å².